The fourth-order valence-corrected chi connectivity index (χ4v) is 3.62. The molecule has 0 atom stereocenters. The molecule has 2 aromatic heterocycles. The molecule has 0 unspecified atom stereocenters. The van der Waals surface area contributed by atoms with Crippen molar-refractivity contribution in [2.24, 2.45) is 0 Å². The zero-order valence-corrected chi connectivity index (χ0v) is 17.1. The number of anilines is 1. The third kappa shape index (κ3) is 3.57. The first-order valence-corrected chi connectivity index (χ1v) is 9.94. The first-order chi connectivity index (χ1) is 15.1. The maximum Gasteiger partial charge on any atom is 0.255 e. The van der Waals surface area contributed by atoms with Crippen molar-refractivity contribution in [3.8, 4) is 17.1 Å². The molecule has 152 valence electrons. The average Bonchev–Trinajstić information content (AvgIpc) is 3.36. The molecule has 7 nitrogen and oxygen atoms in total. The number of nitrogens with zero attached hydrogens (tertiary/aromatic N) is 4. The second kappa shape index (κ2) is 7.53. The monoisotopic (exact) mass is 408 g/mol. The number of benzene rings is 3. The minimum atomic E-state index is -0.185. The lowest BCUT2D eigenvalue weighted by molar-refractivity contribution is 0.102. The molecule has 0 fully saturated rings. The quantitative estimate of drug-likeness (QED) is 0.452. The summed E-state index contributed by atoms with van der Waals surface area (Å²) >= 11 is 0. The lowest BCUT2D eigenvalue weighted by Gasteiger charge is -2.08. The Balaban J connectivity index is 1.39. The number of para-hydroxylation sites is 1. The van der Waals surface area contributed by atoms with Gasteiger partial charge in [0, 0.05) is 22.5 Å². The second-order valence-corrected chi connectivity index (χ2v) is 7.31. The summed E-state index contributed by atoms with van der Waals surface area (Å²) in [6.45, 7) is 3.82. The van der Waals surface area contributed by atoms with Crippen LogP contribution in [0, 0.1) is 13.8 Å². The molecule has 1 amide bonds. The van der Waals surface area contributed by atoms with Crippen LogP contribution in [-0.2, 0) is 0 Å². The Morgan fingerprint density at radius 1 is 0.935 bits per heavy atom. The second-order valence-electron chi connectivity index (χ2n) is 7.31. The van der Waals surface area contributed by atoms with Crippen LogP contribution < -0.4 is 5.32 Å². The molecule has 2 N–H and O–H groups in total. The van der Waals surface area contributed by atoms with Gasteiger partial charge < -0.3 is 5.32 Å². The van der Waals surface area contributed by atoms with E-state index >= 15 is 0 Å². The minimum Gasteiger partial charge on any atom is -0.322 e. The topological polar surface area (TPSA) is 88.5 Å². The highest BCUT2D eigenvalue weighted by Gasteiger charge is 2.13. The third-order valence-electron chi connectivity index (χ3n) is 5.10. The molecule has 31 heavy (non-hydrogen) atoms. The van der Waals surface area contributed by atoms with E-state index in [9.17, 15) is 4.79 Å². The molecule has 5 aromatic rings. The normalized spacial score (nSPS) is 11.0. The van der Waals surface area contributed by atoms with Crippen molar-refractivity contribution in [2.45, 2.75) is 13.8 Å². The van der Waals surface area contributed by atoms with E-state index in [2.05, 4.69) is 30.0 Å². The Hall–Kier alpha value is -4.26. The van der Waals surface area contributed by atoms with Crippen molar-refractivity contribution in [1.29, 1.82) is 0 Å². The fraction of sp³-hybridized carbons (Fsp3) is 0.0833. The molecule has 3 aromatic carbocycles. The van der Waals surface area contributed by atoms with E-state index in [1.807, 2.05) is 86.6 Å². The number of rotatable bonds is 4. The van der Waals surface area contributed by atoms with Crippen LogP contribution >= 0.6 is 0 Å². The number of aromatic amines is 1. The van der Waals surface area contributed by atoms with Gasteiger partial charge in [0.1, 0.15) is 11.6 Å². The van der Waals surface area contributed by atoms with Gasteiger partial charge in [0.2, 0.25) is 0 Å². The molecule has 5 rings (SSSR count). The Kier molecular flexibility index (Phi) is 4.55. The zero-order valence-electron chi connectivity index (χ0n) is 17.1. The summed E-state index contributed by atoms with van der Waals surface area (Å²) in [6, 6.07) is 23.1. The number of imidazole rings is 1. The molecule has 7 heteroatoms. The van der Waals surface area contributed by atoms with Crippen LogP contribution in [0.25, 0.3) is 28.1 Å². The maximum absolute atomic E-state index is 12.8. The zero-order chi connectivity index (χ0) is 21.4. The van der Waals surface area contributed by atoms with Gasteiger partial charge >= 0.3 is 0 Å². The Morgan fingerprint density at radius 3 is 2.42 bits per heavy atom. The third-order valence-corrected chi connectivity index (χ3v) is 5.10. The molecule has 2 heterocycles. The van der Waals surface area contributed by atoms with Gasteiger partial charge in [0.25, 0.3) is 5.91 Å². The number of amides is 1. The van der Waals surface area contributed by atoms with Gasteiger partial charge in [-0.3, -0.25) is 14.5 Å². The maximum atomic E-state index is 12.8. The lowest BCUT2D eigenvalue weighted by atomic mass is 10.1. The number of H-pyrrole nitrogens is 1. The summed E-state index contributed by atoms with van der Waals surface area (Å²) in [4.78, 5) is 21.8. The molecule has 0 bridgehead atoms. The number of nitrogens with one attached hydrogen (secondary N) is 2. The van der Waals surface area contributed by atoms with Crippen molar-refractivity contribution < 1.29 is 4.79 Å². The Morgan fingerprint density at radius 2 is 1.71 bits per heavy atom. The Labute approximate surface area is 178 Å². The number of hydrogen-bond acceptors (Lipinski definition) is 4. The Bertz CT molecular complexity index is 1380. The van der Waals surface area contributed by atoms with Gasteiger partial charge in [-0.1, -0.05) is 18.2 Å². The van der Waals surface area contributed by atoms with Crippen molar-refractivity contribution in [1.82, 2.24) is 24.7 Å². The highest BCUT2D eigenvalue weighted by molar-refractivity contribution is 6.06. The number of hydrogen-bond donors (Lipinski definition) is 2. The number of aryl methyl sites for hydroxylation is 2. The van der Waals surface area contributed by atoms with Crippen LogP contribution in [0.5, 0.6) is 0 Å². The van der Waals surface area contributed by atoms with Crippen LogP contribution in [0.1, 0.15) is 22.0 Å². The minimum absolute atomic E-state index is 0.185. The summed E-state index contributed by atoms with van der Waals surface area (Å²) in [6.07, 6.45) is 0. The molecule has 0 aliphatic heterocycles. The smallest absolute Gasteiger partial charge is 0.255 e. The van der Waals surface area contributed by atoms with Crippen LogP contribution in [-0.4, -0.2) is 30.6 Å². The van der Waals surface area contributed by atoms with E-state index in [0.717, 1.165) is 33.9 Å². The summed E-state index contributed by atoms with van der Waals surface area (Å²) < 4.78 is 2.08. The molecule has 0 aliphatic rings. The number of carbonyl (C=O) groups is 1. The van der Waals surface area contributed by atoms with Gasteiger partial charge in [0.15, 0.2) is 5.82 Å². The van der Waals surface area contributed by atoms with E-state index in [4.69, 9.17) is 0 Å². The van der Waals surface area contributed by atoms with Crippen LogP contribution in [0.15, 0.2) is 72.8 Å². The lowest BCUT2D eigenvalue weighted by Crippen LogP contribution is -2.11. The van der Waals surface area contributed by atoms with Gasteiger partial charge in [0.05, 0.1) is 11.0 Å². The molecular formula is C24H20N6O. The van der Waals surface area contributed by atoms with Gasteiger partial charge in [-0.2, -0.15) is 5.10 Å². The SMILES string of the molecule is Cc1nc(-c2ccc(NC(=O)c3ccc4c(c3)nc(C)n4-c3ccccc3)cc2)n[nH]1. The van der Waals surface area contributed by atoms with Crippen LogP contribution in [0.3, 0.4) is 0 Å². The summed E-state index contributed by atoms with van der Waals surface area (Å²) in [7, 11) is 0. The largest absolute Gasteiger partial charge is 0.322 e. The first-order valence-electron chi connectivity index (χ1n) is 9.94. The van der Waals surface area contributed by atoms with Crippen molar-refractivity contribution >= 4 is 22.6 Å². The van der Waals surface area contributed by atoms with Crippen LogP contribution in [0.2, 0.25) is 0 Å². The molecule has 0 aliphatic carbocycles. The standard InChI is InChI=1S/C24H20N6O/c1-15-25-23(29-28-15)17-8-11-19(12-9-17)27-24(31)18-10-13-22-21(14-18)26-16(2)30(22)20-6-4-3-5-7-20/h3-14H,1-2H3,(H,27,31)(H,25,28,29). The van der Waals surface area contributed by atoms with E-state index in [0.29, 0.717) is 17.1 Å². The summed E-state index contributed by atoms with van der Waals surface area (Å²) in [5.41, 5.74) is 4.92. The van der Waals surface area contributed by atoms with Gasteiger partial charge in [-0.15, -0.1) is 0 Å². The molecule has 0 saturated heterocycles. The molecule has 0 radical (unpaired) electrons. The van der Waals surface area contributed by atoms with Crippen LogP contribution in [0.4, 0.5) is 5.69 Å². The summed E-state index contributed by atoms with van der Waals surface area (Å²) in [5.74, 6) is 2.07. The summed E-state index contributed by atoms with van der Waals surface area (Å²) in [5, 5.41) is 9.92. The predicted octanol–water partition coefficient (Wildman–Crippen LogP) is 4.68. The predicted molar refractivity (Wildman–Crippen MR) is 120 cm³/mol. The highest BCUT2D eigenvalue weighted by atomic mass is 16.1. The van der Waals surface area contributed by atoms with E-state index < -0.39 is 0 Å². The van der Waals surface area contributed by atoms with Crippen molar-refractivity contribution in [3.63, 3.8) is 0 Å². The van der Waals surface area contributed by atoms with Crippen molar-refractivity contribution in [2.75, 3.05) is 5.32 Å². The van der Waals surface area contributed by atoms with E-state index in [-0.39, 0.29) is 5.91 Å². The van der Waals surface area contributed by atoms with E-state index in [1.165, 1.54) is 0 Å². The molecular weight excluding hydrogens is 388 g/mol. The fourth-order valence-electron chi connectivity index (χ4n) is 3.62. The number of fused-ring (bicyclic) bond motifs is 1. The average molecular weight is 408 g/mol. The number of aromatic nitrogens is 5. The van der Waals surface area contributed by atoms with Gasteiger partial charge in [-0.05, 0) is 68.4 Å². The molecule has 0 spiro atoms. The molecule has 0 saturated carbocycles. The van der Waals surface area contributed by atoms with E-state index in [1.54, 1.807) is 0 Å². The number of carbonyl (C=O) groups excluding carboxylic acids is 1. The van der Waals surface area contributed by atoms with Gasteiger partial charge in [-0.25, -0.2) is 9.97 Å². The first kappa shape index (κ1) is 18.7. The highest BCUT2D eigenvalue weighted by Crippen LogP contribution is 2.23. The van der Waals surface area contributed by atoms with Crippen molar-refractivity contribution in [3.05, 3.63) is 90.0 Å².